The van der Waals surface area contributed by atoms with Gasteiger partial charge in [-0.2, -0.15) is 0 Å². The van der Waals surface area contributed by atoms with Crippen LogP contribution >= 0.6 is 0 Å². The van der Waals surface area contributed by atoms with Gasteiger partial charge in [0.25, 0.3) is 0 Å². The van der Waals surface area contributed by atoms with Crippen molar-refractivity contribution in [3.05, 3.63) is 37.5 Å². The molecule has 0 bridgehead atoms. The summed E-state index contributed by atoms with van der Waals surface area (Å²) in [7, 11) is 0. The SMILES string of the molecule is C=CCN(CC=C)C(=O)N[C@@H]1CC=CCC1. The second-order valence-electron chi connectivity index (χ2n) is 3.91. The molecule has 1 aliphatic rings. The van der Waals surface area contributed by atoms with Crippen molar-refractivity contribution in [2.45, 2.75) is 25.3 Å². The Kier molecular flexibility index (Phi) is 5.40. The highest BCUT2D eigenvalue weighted by molar-refractivity contribution is 5.74. The molecule has 1 N–H and O–H groups in total. The summed E-state index contributed by atoms with van der Waals surface area (Å²) in [5.74, 6) is 0. The Morgan fingerprint density at radius 2 is 2.06 bits per heavy atom. The first kappa shape index (κ1) is 12.6. The van der Waals surface area contributed by atoms with Crippen LogP contribution in [0.15, 0.2) is 37.5 Å². The maximum absolute atomic E-state index is 11.9. The fourth-order valence-electron chi connectivity index (χ4n) is 1.74. The summed E-state index contributed by atoms with van der Waals surface area (Å²) in [5, 5.41) is 3.03. The van der Waals surface area contributed by atoms with Crippen molar-refractivity contribution in [3.8, 4) is 0 Å². The molecular weight excluding hydrogens is 200 g/mol. The summed E-state index contributed by atoms with van der Waals surface area (Å²) in [6.45, 7) is 8.40. The van der Waals surface area contributed by atoms with Crippen molar-refractivity contribution in [1.29, 1.82) is 0 Å². The first-order valence-corrected chi connectivity index (χ1v) is 5.70. The van der Waals surface area contributed by atoms with E-state index in [-0.39, 0.29) is 12.1 Å². The molecule has 16 heavy (non-hydrogen) atoms. The van der Waals surface area contributed by atoms with E-state index in [2.05, 4.69) is 30.6 Å². The molecule has 0 heterocycles. The van der Waals surface area contributed by atoms with Crippen LogP contribution in [-0.4, -0.2) is 30.1 Å². The monoisotopic (exact) mass is 220 g/mol. The molecule has 0 fully saturated rings. The Bertz CT molecular complexity index is 274. The van der Waals surface area contributed by atoms with Crippen LogP contribution in [0.25, 0.3) is 0 Å². The zero-order chi connectivity index (χ0) is 11.8. The zero-order valence-corrected chi connectivity index (χ0v) is 9.69. The van der Waals surface area contributed by atoms with E-state index in [0.29, 0.717) is 13.1 Å². The first-order valence-electron chi connectivity index (χ1n) is 5.70. The molecule has 0 aromatic rings. The summed E-state index contributed by atoms with van der Waals surface area (Å²) in [6, 6.07) is 0.245. The van der Waals surface area contributed by atoms with E-state index in [0.717, 1.165) is 19.3 Å². The number of urea groups is 1. The van der Waals surface area contributed by atoms with E-state index in [9.17, 15) is 4.79 Å². The average Bonchev–Trinajstić information content (AvgIpc) is 2.30. The molecule has 0 unspecified atom stereocenters. The molecule has 1 rings (SSSR count). The van der Waals surface area contributed by atoms with Gasteiger partial charge in [0, 0.05) is 19.1 Å². The fraction of sp³-hybridized carbons (Fsp3) is 0.462. The van der Waals surface area contributed by atoms with Crippen LogP contribution in [-0.2, 0) is 0 Å². The Labute approximate surface area is 97.5 Å². The minimum atomic E-state index is -0.0277. The molecular formula is C13H20N2O. The van der Waals surface area contributed by atoms with E-state index in [4.69, 9.17) is 0 Å². The van der Waals surface area contributed by atoms with Crippen molar-refractivity contribution in [2.24, 2.45) is 0 Å². The van der Waals surface area contributed by atoms with Gasteiger partial charge in [0.2, 0.25) is 0 Å². The molecule has 0 saturated heterocycles. The highest BCUT2D eigenvalue weighted by Crippen LogP contribution is 2.10. The minimum absolute atomic E-state index is 0.0277. The second kappa shape index (κ2) is 6.88. The maximum Gasteiger partial charge on any atom is 0.318 e. The predicted octanol–water partition coefficient (Wildman–Crippen LogP) is 2.48. The van der Waals surface area contributed by atoms with Crippen LogP contribution in [0.3, 0.4) is 0 Å². The molecule has 88 valence electrons. The lowest BCUT2D eigenvalue weighted by Crippen LogP contribution is -2.45. The van der Waals surface area contributed by atoms with Crippen LogP contribution in [0.2, 0.25) is 0 Å². The van der Waals surface area contributed by atoms with Crippen LogP contribution in [0, 0.1) is 0 Å². The topological polar surface area (TPSA) is 32.3 Å². The number of carbonyl (C=O) groups is 1. The molecule has 1 atom stereocenters. The Morgan fingerprint density at radius 1 is 1.38 bits per heavy atom. The molecule has 0 aromatic heterocycles. The Morgan fingerprint density at radius 3 is 2.56 bits per heavy atom. The van der Waals surface area contributed by atoms with Crippen molar-refractivity contribution >= 4 is 6.03 Å². The summed E-state index contributed by atoms with van der Waals surface area (Å²) in [4.78, 5) is 13.6. The largest absolute Gasteiger partial charge is 0.335 e. The average molecular weight is 220 g/mol. The van der Waals surface area contributed by atoms with E-state index in [1.165, 1.54) is 0 Å². The van der Waals surface area contributed by atoms with E-state index in [1.54, 1.807) is 17.1 Å². The molecule has 1 aliphatic carbocycles. The van der Waals surface area contributed by atoms with E-state index in [1.807, 2.05) is 0 Å². The van der Waals surface area contributed by atoms with Gasteiger partial charge >= 0.3 is 6.03 Å². The van der Waals surface area contributed by atoms with E-state index >= 15 is 0 Å². The quantitative estimate of drug-likeness (QED) is 0.709. The minimum Gasteiger partial charge on any atom is -0.335 e. The van der Waals surface area contributed by atoms with Crippen molar-refractivity contribution in [2.75, 3.05) is 13.1 Å². The lowest BCUT2D eigenvalue weighted by molar-refractivity contribution is 0.203. The highest BCUT2D eigenvalue weighted by Gasteiger charge is 2.16. The third kappa shape index (κ3) is 3.93. The number of hydrogen-bond donors (Lipinski definition) is 1. The molecule has 2 amide bonds. The Balaban J connectivity index is 2.43. The number of nitrogens with one attached hydrogen (secondary N) is 1. The summed E-state index contributed by atoms with van der Waals surface area (Å²) < 4.78 is 0. The number of rotatable bonds is 5. The lowest BCUT2D eigenvalue weighted by atomic mass is 10.0. The lowest BCUT2D eigenvalue weighted by Gasteiger charge is -2.25. The predicted molar refractivity (Wildman–Crippen MR) is 67.3 cm³/mol. The highest BCUT2D eigenvalue weighted by atomic mass is 16.2. The van der Waals surface area contributed by atoms with Gasteiger partial charge in [-0.1, -0.05) is 24.3 Å². The third-order valence-electron chi connectivity index (χ3n) is 2.58. The van der Waals surface area contributed by atoms with Gasteiger partial charge in [0.1, 0.15) is 0 Å². The maximum atomic E-state index is 11.9. The van der Waals surface area contributed by atoms with E-state index < -0.39 is 0 Å². The molecule has 0 aromatic carbocycles. The van der Waals surface area contributed by atoms with Crippen molar-refractivity contribution in [3.63, 3.8) is 0 Å². The van der Waals surface area contributed by atoms with Gasteiger partial charge in [-0.05, 0) is 19.3 Å². The number of amides is 2. The van der Waals surface area contributed by atoms with Crippen molar-refractivity contribution < 1.29 is 4.79 Å². The summed E-state index contributed by atoms with van der Waals surface area (Å²) >= 11 is 0. The smallest absolute Gasteiger partial charge is 0.318 e. The van der Waals surface area contributed by atoms with Gasteiger partial charge in [0.05, 0.1) is 0 Å². The van der Waals surface area contributed by atoms with Crippen molar-refractivity contribution in [1.82, 2.24) is 10.2 Å². The van der Waals surface area contributed by atoms with Crippen LogP contribution in [0.1, 0.15) is 19.3 Å². The fourth-order valence-corrected chi connectivity index (χ4v) is 1.74. The van der Waals surface area contributed by atoms with Gasteiger partial charge in [-0.25, -0.2) is 4.79 Å². The van der Waals surface area contributed by atoms with Crippen LogP contribution in [0.4, 0.5) is 4.79 Å². The number of carbonyl (C=O) groups excluding carboxylic acids is 1. The third-order valence-corrected chi connectivity index (χ3v) is 2.58. The zero-order valence-electron chi connectivity index (χ0n) is 9.69. The number of hydrogen-bond acceptors (Lipinski definition) is 1. The van der Waals surface area contributed by atoms with Gasteiger partial charge < -0.3 is 10.2 Å². The van der Waals surface area contributed by atoms with Crippen LogP contribution in [0.5, 0.6) is 0 Å². The van der Waals surface area contributed by atoms with Gasteiger partial charge in [-0.15, -0.1) is 13.2 Å². The molecule has 0 aliphatic heterocycles. The summed E-state index contributed by atoms with van der Waals surface area (Å²) in [5.41, 5.74) is 0. The number of nitrogens with zero attached hydrogens (tertiary/aromatic N) is 1. The number of allylic oxidation sites excluding steroid dienone is 1. The normalized spacial score (nSPS) is 18.9. The first-order chi connectivity index (χ1) is 7.77. The standard InChI is InChI=1S/C13H20N2O/c1-3-10-15(11-4-2)13(16)14-12-8-6-5-7-9-12/h3-6,12H,1-2,7-11H2,(H,14,16)/t12-/m1/s1. The molecule has 3 nitrogen and oxygen atoms in total. The van der Waals surface area contributed by atoms with Crippen LogP contribution < -0.4 is 5.32 Å². The van der Waals surface area contributed by atoms with Gasteiger partial charge in [-0.3, -0.25) is 0 Å². The van der Waals surface area contributed by atoms with Gasteiger partial charge in [0.15, 0.2) is 0 Å². The molecule has 0 radical (unpaired) electrons. The molecule has 0 spiro atoms. The summed E-state index contributed by atoms with van der Waals surface area (Å²) in [6.07, 6.45) is 10.7. The Hall–Kier alpha value is -1.51. The molecule has 3 heteroatoms. The second-order valence-corrected chi connectivity index (χ2v) is 3.91. The molecule has 0 saturated carbocycles.